The van der Waals surface area contributed by atoms with Gasteiger partial charge in [0.15, 0.2) is 0 Å². The highest BCUT2D eigenvalue weighted by molar-refractivity contribution is 7.89. The van der Waals surface area contributed by atoms with Crippen LogP contribution >= 0.6 is 0 Å². The van der Waals surface area contributed by atoms with Gasteiger partial charge in [0, 0.05) is 31.8 Å². The summed E-state index contributed by atoms with van der Waals surface area (Å²) in [6, 6.07) is 5.02. The summed E-state index contributed by atoms with van der Waals surface area (Å²) >= 11 is 0. The molecular formula is C22H32N2O5S. The van der Waals surface area contributed by atoms with Crippen molar-refractivity contribution >= 4 is 15.9 Å². The Bertz CT molecular complexity index is 908. The second-order valence-corrected chi connectivity index (χ2v) is 11.2. The summed E-state index contributed by atoms with van der Waals surface area (Å²) in [6.07, 6.45) is 3.56. The van der Waals surface area contributed by atoms with Crippen molar-refractivity contribution < 1.29 is 22.7 Å². The number of fused-ring (bicyclic) bond motifs is 2. The predicted octanol–water partition coefficient (Wildman–Crippen LogP) is 2.41. The molecule has 1 saturated heterocycles. The molecule has 0 radical (unpaired) electrons. The van der Waals surface area contributed by atoms with Crippen molar-refractivity contribution in [3.05, 3.63) is 29.3 Å². The zero-order chi connectivity index (χ0) is 21.5. The van der Waals surface area contributed by atoms with Gasteiger partial charge in [-0.3, -0.25) is 4.79 Å². The van der Waals surface area contributed by atoms with E-state index in [4.69, 9.17) is 9.47 Å². The number of amides is 1. The molecule has 2 bridgehead atoms. The summed E-state index contributed by atoms with van der Waals surface area (Å²) in [7, 11) is -2.21. The minimum absolute atomic E-state index is 0.0667. The van der Waals surface area contributed by atoms with E-state index in [1.165, 1.54) is 30.3 Å². The fraction of sp³-hybridized carbons (Fsp3) is 0.682. The second kappa shape index (κ2) is 8.22. The highest BCUT2D eigenvalue weighted by atomic mass is 32.2. The highest BCUT2D eigenvalue weighted by Crippen LogP contribution is 2.55. The molecule has 3 aliphatic rings. The first kappa shape index (κ1) is 21.7. The van der Waals surface area contributed by atoms with Crippen LogP contribution < -0.4 is 5.32 Å². The molecule has 8 heteroatoms. The largest absolute Gasteiger partial charge is 0.380 e. The maximum atomic E-state index is 13.3. The lowest BCUT2D eigenvalue weighted by atomic mass is 9.73. The van der Waals surface area contributed by atoms with Gasteiger partial charge in [0.25, 0.3) is 5.91 Å². The van der Waals surface area contributed by atoms with Gasteiger partial charge in [-0.1, -0.05) is 19.9 Å². The van der Waals surface area contributed by atoms with E-state index in [1.54, 1.807) is 12.1 Å². The van der Waals surface area contributed by atoms with E-state index in [-0.39, 0.29) is 28.9 Å². The first-order valence-electron chi connectivity index (χ1n) is 10.8. The summed E-state index contributed by atoms with van der Waals surface area (Å²) < 4.78 is 38.5. The number of carbonyl (C=O) groups is 1. The first-order chi connectivity index (χ1) is 14.2. The third-order valence-electron chi connectivity index (χ3n) is 7.30. The van der Waals surface area contributed by atoms with Crippen LogP contribution in [0.1, 0.15) is 49.0 Å². The van der Waals surface area contributed by atoms with E-state index in [9.17, 15) is 13.2 Å². The smallest absolute Gasteiger partial charge is 0.251 e. The van der Waals surface area contributed by atoms with Gasteiger partial charge in [-0.25, -0.2) is 8.42 Å². The molecule has 0 spiro atoms. The van der Waals surface area contributed by atoms with Crippen molar-refractivity contribution in [2.45, 2.75) is 50.7 Å². The number of carbonyl (C=O) groups excluding carboxylic acids is 1. The maximum Gasteiger partial charge on any atom is 0.251 e. The summed E-state index contributed by atoms with van der Waals surface area (Å²) in [4.78, 5) is 13.3. The number of sulfonamides is 1. The fourth-order valence-corrected chi connectivity index (χ4v) is 7.16. The minimum Gasteiger partial charge on any atom is -0.380 e. The fourth-order valence-electron chi connectivity index (χ4n) is 5.52. The zero-order valence-electron chi connectivity index (χ0n) is 18.0. The molecule has 7 nitrogen and oxygen atoms in total. The van der Waals surface area contributed by atoms with E-state index < -0.39 is 10.0 Å². The van der Waals surface area contributed by atoms with Crippen LogP contribution in [0.4, 0.5) is 0 Å². The Morgan fingerprint density at radius 3 is 2.63 bits per heavy atom. The van der Waals surface area contributed by atoms with Crippen molar-refractivity contribution in [2.75, 3.05) is 33.4 Å². The molecule has 1 aromatic rings. The molecule has 0 aromatic heterocycles. The molecule has 1 aliphatic heterocycles. The van der Waals surface area contributed by atoms with E-state index in [0.29, 0.717) is 49.3 Å². The third kappa shape index (κ3) is 3.79. The first-order valence-corrected chi connectivity index (χ1v) is 12.2. The van der Waals surface area contributed by atoms with Crippen LogP contribution in [0.5, 0.6) is 0 Å². The Morgan fingerprint density at radius 2 is 2.00 bits per heavy atom. The van der Waals surface area contributed by atoms with Crippen LogP contribution in [0.2, 0.25) is 0 Å². The van der Waals surface area contributed by atoms with Gasteiger partial charge in [-0.15, -0.1) is 0 Å². The van der Waals surface area contributed by atoms with Gasteiger partial charge in [0.2, 0.25) is 10.0 Å². The SMILES string of the molecule is COCc1ccc(C(=O)NC2[C@H]3CC[C@H](C3)C2(C)C)cc1S(=O)(=O)N1CCOCC1. The van der Waals surface area contributed by atoms with Gasteiger partial charge in [0.05, 0.1) is 24.7 Å². The van der Waals surface area contributed by atoms with Crippen LogP contribution in [0.25, 0.3) is 0 Å². The number of benzene rings is 1. The van der Waals surface area contributed by atoms with Gasteiger partial charge in [-0.05, 0) is 54.2 Å². The molecule has 2 aliphatic carbocycles. The lowest BCUT2D eigenvalue weighted by molar-refractivity contribution is 0.0729. The van der Waals surface area contributed by atoms with Crippen LogP contribution in [-0.2, 0) is 26.1 Å². The summed E-state index contributed by atoms with van der Waals surface area (Å²) in [5.41, 5.74) is 0.998. The number of hydrogen-bond acceptors (Lipinski definition) is 5. The Morgan fingerprint density at radius 1 is 1.27 bits per heavy atom. The quantitative estimate of drug-likeness (QED) is 0.740. The average molecular weight is 437 g/mol. The molecule has 166 valence electrons. The molecule has 3 fully saturated rings. The molecule has 4 rings (SSSR count). The summed E-state index contributed by atoms with van der Waals surface area (Å²) in [5, 5.41) is 3.23. The topological polar surface area (TPSA) is 84.9 Å². The maximum absolute atomic E-state index is 13.3. The van der Waals surface area contributed by atoms with Gasteiger partial charge in [0.1, 0.15) is 0 Å². The Hall–Kier alpha value is -1.48. The third-order valence-corrected chi connectivity index (χ3v) is 9.28. The van der Waals surface area contributed by atoms with E-state index >= 15 is 0 Å². The Labute approximate surface area is 179 Å². The number of methoxy groups -OCH3 is 1. The molecule has 2 saturated carbocycles. The molecule has 1 N–H and O–H groups in total. The summed E-state index contributed by atoms with van der Waals surface area (Å²) in [6.45, 7) is 6.00. The lowest BCUT2D eigenvalue weighted by Crippen LogP contribution is -2.48. The number of rotatable bonds is 6. The second-order valence-electron chi connectivity index (χ2n) is 9.31. The average Bonchev–Trinajstić information content (AvgIpc) is 3.30. The van der Waals surface area contributed by atoms with E-state index in [0.717, 1.165) is 6.42 Å². The molecule has 1 aromatic carbocycles. The van der Waals surface area contributed by atoms with Gasteiger partial charge in [-0.2, -0.15) is 4.31 Å². The number of hydrogen-bond donors (Lipinski definition) is 1. The normalized spacial score (nSPS) is 28.6. The Balaban J connectivity index is 1.61. The molecule has 1 unspecified atom stereocenters. The number of nitrogens with one attached hydrogen (secondary N) is 1. The predicted molar refractivity (Wildman–Crippen MR) is 113 cm³/mol. The standard InChI is InChI=1S/C22H32N2O5S/c1-22(2)18-7-6-15(12-18)20(22)23-21(25)16-4-5-17(14-28-3)19(13-16)30(26,27)24-8-10-29-11-9-24/h4-5,13,15,18,20H,6-12,14H2,1-3H3,(H,23,25)/t15-,18+,20?/m0/s1. The lowest BCUT2D eigenvalue weighted by Gasteiger charge is -2.38. The van der Waals surface area contributed by atoms with Crippen molar-refractivity contribution in [3.63, 3.8) is 0 Å². The summed E-state index contributed by atoms with van der Waals surface area (Å²) in [5.74, 6) is 0.954. The van der Waals surface area contributed by atoms with Crippen molar-refractivity contribution in [1.29, 1.82) is 0 Å². The molecule has 1 amide bonds. The number of morpholine rings is 1. The molecule has 1 heterocycles. The molecular weight excluding hydrogens is 404 g/mol. The number of nitrogens with zero attached hydrogens (tertiary/aromatic N) is 1. The monoisotopic (exact) mass is 436 g/mol. The number of ether oxygens (including phenoxy) is 2. The van der Waals surface area contributed by atoms with Crippen molar-refractivity contribution in [1.82, 2.24) is 9.62 Å². The van der Waals surface area contributed by atoms with Crippen LogP contribution in [-0.4, -0.2) is 58.1 Å². The van der Waals surface area contributed by atoms with Gasteiger partial charge < -0.3 is 14.8 Å². The highest BCUT2D eigenvalue weighted by Gasteiger charge is 2.53. The van der Waals surface area contributed by atoms with Crippen LogP contribution in [0, 0.1) is 17.3 Å². The van der Waals surface area contributed by atoms with E-state index in [2.05, 4.69) is 19.2 Å². The van der Waals surface area contributed by atoms with Crippen molar-refractivity contribution in [3.8, 4) is 0 Å². The van der Waals surface area contributed by atoms with Crippen LogP contribution in [0.15, 0.2) is 23.1 Å². The molecule has 3 atom stereocenters. The minimum atomic E-state index is -3.74. The van der Waals surface area contributed by atoms with E-state index in [1.807, 2.05) is 0 Å². The van der Waals surface area contributed by atoms with Gasteiger partial charge >= 0.3 is 0 Å². The zero-order valence-corrected chi connectivity index (χ0v) is 18.8. The van der Waals surface area contributed by atoms with Crippen LogP contribution in [0.3, 0.4) is 0 Å². The van der Waals surface area contributed by atoms with Crippen molar-refractivity contribution in [2.24, 2.45) is 17.3 Å². The molecule has 30 heavy (non-hydrogen) atoms. The Kier molecular flexibility index (Phi) is 5.96.